The van der Waals surface area contributed by atoms with Crippen LogP contribution in [0, 0.1) is 0 Å². The van der Waals surface area contributed by atoms with Crippen molar-refractivity contribution in [1.29, 1.82) is 0 Å². The molecule has 4 heteroatoms. The first-order chi connectivity index (χ1) is 5.13. The lowest BCUT2D eigenvalue weighted by Gasteiger charge is -2.01. The zero-order valence-corrected chi connectivity index (χ0v) is 7.46. The highest BCUT2D eigenvalue weighted by atomic mass is 79.9. The lowest BCUT2D eigenvalue weighted by Crippen LogP contribution is -2.06. The van der Waals surface area contributed by atoms with Gasteiger partial charge in [-0.2, -0.15) is 0 Å². The number of hydrogen-bond donors (Lipinski definition) is 1. The van der Waals surface area contributed by atoms with Crippen LogP contribution in [0.25, 0.3) is 0 Å². The molecule has 0 aliphatic carbocycles. The van der Waals surface area contributed by atoms with Gasteiger partial charge in [0.1, 0.15) is 11.7 Å². The van der Waals surface area contributed by atoms with Gasteiger partial charge < -0.3 is 9.52 Å². The third kappa shape index (κ3) is 1.63. The summed E-state index contributed by atoms with van der Waals surface area (Å²) in [6.45, 7) is 1.58. The van der Waals surface area contributed by atoms with Gasteiger partial charge in [0, 0.05) is 0 Å². The molecule has 60 valence electrons. The number of aliphatic carboxylic acids is 1. The van der Waals surface area contributed by atoms with Crippen LogP contribution < -0.4 is 0 Å². The highest BCUT2D eigenvalue weighted by molar-refractivity contribution is 9.10. The highest BCUT2D eigenvalue weighted by Crippen LogP contribution is 2.25. The van der Waals surface area contributed by atoms with E-state index in [2.05, 4.69) is 15.9 Å². The summed E-state index contributed by atoms with van der Waals surface area (Å²) in [5, 5.41) is 8.60. The van der Waals surface area contributed by atoms with E-state index in [1.165, 1.54) is 6.26 Å². The zero-order valence-electron chi connectivity index (χ0n) is 5.87. The van der Waals surface area contributed by atoms with Crippen molar-refractivity contribution in [2.24, 2.45) is 0 Å². The molecular formula is C7H7BrO3. The molecule has 11 heavy (non-hydrogen) atoms. The van der Waals surface area contributed by atoms with Crippen LogP contribution in [-0.2, 0) is 4.79 Å². The van der Waals surface area contributed by atoms with Crippen molar-refractivity contribution in [2.75, 3.05) is 0 Å². The second-order valence-electron chi connectivity index (χ2n) is 2.19. The van der Waals surface area contributed by atoms with Crippen LogP contribution in [0.5, 0.6) is 0 Å². The summed E-state index contributed by atoms with van der Waals surface area (Å²) < 4.78 is 5.66. The standard InChI is InChI=1S/C7H7BrO3/c1-4(7(9)10)6-5(8)2-3-11-6/h2-4H,1H3,(H,9,10). The summed E-state index contributed by atoms with van der Waals surface area (Å²) in [6, 6.07) is 1.68. The van der Waals surface area contributed by atoms with Gasteiger partial charge in [-0.3, -0.25) is 4.79 Å². The SMILES string of the molecule is CC(C(=O)O)c1occc1Br. The van der Waals surface area contributed by atoms with Crippen molar-refractivity contribution < 1.29 is 14.3 Å². The first-order valence-corrected chi connectivity index (χ1v) is 3.88. The highest BCUT2D eigenvalue weighted by Gasteiger charge is 2.19. The number of furan rings is 1. The van der Waals surface area contributed by atoms with Gasteiger partial charge in [-0.05, 0) is 28.9 Å². The second-order valence-corrected chi connectivity index (χ2v) is 3.05. The van der Waals surface area contributed by atoms with Gasteiger partial charge in [0.25, 0.3) is 0 Å². The monoisotopic (exact) mass is 218 g/mol. The maximum absolute atomic E-state index is 10.5. The molecule has 1 heterocycles. The molecule has 0 fully saturated rings. The normalized spacial score (nSPS) is 12.9. The van der Waals surface area contributed by atoms with Gasteiger partial charge in [-0.15, -0.1) is 0 Å². The van der Waals surface area contributed by atoms with Crippen molar-refractivity contribution in [3.8, 4) is 0 Å². The lowest BCUT2D eigenvalue weighted by molar-refractivity contribution is -0.138. The average molecular weight is 219 g/mol. The van der Waals surface area contributed by atoms with Crippen molar-refractivity contribution in [2.45, 2.75) is 12.8 Å². The smallest absolute Gasteiger partial charge is 0.313 e. The van der Waals surface area contributed by atoms with E-state index >= 15 is 0 Å². The number of carboxylic acid groups (broad SMARTS) is 1. The second kappa shape index (κ2) is 3.09. The Balaban J connectivity index is 2.92. The van der Waals surface area contributed by atoms with Gasteiger partial charge in [0.05, 0.1) is 10.7 Å². The molecular weight excluding hydrogens is 212 g/mol. The Bertz CT molecular complexity index is 266. The lowest BCUT2D eigenvalue weighted by atomic mass is 10.1. The minimum Gasteiger partial charge on any atom is -0.481 e. The fraction of sp³-hybridized carbons (Fsp3) is 0.286. The molecule has 1 aromatic rings. The molecule has 1 rings (SSSR count). The molecule has 1 unspecified atom stereocenters. The van der Waals surface area contributed by atoms with E-state index in [4.69, 9.17) is 9.52 Å². The van der Waals surface area contributed by atoms with Crippen LogP contribution in [0.4, 0.5) is 0 Å². The molecule has 0 saturated heterocycles. The molecule has 0 radical (unpaired) electrons. The Morgan fingerprint density at radius 3 is 2.82 bits per heavy atom. The minimum atomic E-state index is -0.888. The third-order valence-electron chi connectivity index (χ3n) is 1.41. The van der Waals surface area contributed by atoms with Crippen molar-refractivity contribution in [3.05, 3.63) is 22.6 Å². The topological polar surface area (TPSA) is 50.4 Å². The van der Waals surface area contributed by atoms with Gasteiger partial charge in [0.2, 0.25) is 0 Å². The van der Waals surface area contributed by atoms with Crippen LogP contribution >= 0.6 is 15.9 Å². The molecule has 0 amide bonds. The molecule has 3 nitrogen and oxygen atoms in total. The first kappa shape index (κ1) is 8.33. The van der Waals surface area contributed by atoms with Crippen LogP contribution in [0.1, 0.15) is 18.6 Å². The molecule has 1 atom stereocenters. The number of carboxylic acids is 1. The molecule has 1 N–H and O–H groups in total. The van der Waals surface area contributed by atoms with Crippen LogP contribution in [0.15, 0.2) is 21.2 Å². The van der Waals surface area contributed by atoms with E-state index in [0.717, 1.165) is 0 Å². The van der Waals surface area contributed by atoms with Crippen LogP contribution in [0.2, 0.25) is 0 Å². The Morgan fingerprint density at radius 1 is 1.82 bits per heavy atom. The van der Waals surface area contributed by atoms with E-state index in [9.17, 15) is 4.79 Å². The van der Waals surface area contributed by atoms with E-state index in [0.29, 0.717) is 10.2 Å². The van der Waals surface area contributed by atoms with Crippen molar-refractivity contribution >= 4 is 21.9 Å². The molecule has 0 saturated carbocycles. The third-order valence-corrected chi connectivity index (χ3v) is 2.06. The average Bonchev–Trinajstić information content (AvgIpc) is 2.33. The molecule has 1 aromatic heterocycles. The summed E-state index contributed by atoms with van der Waals surface area (Å²) in [5.41, 5.74) is 0. The molecule has 0 spiro atoms. The number of hydrogen-bond acceptors (Lipinski definition) is 2. The van der Waals surface area contributed by atoms with Crippen LogP contribution in [0.3, 0.4) is 0 Å². The van der Waals surface area contributed by atoms with Crippen molar-refractivity contribution in [3.63, 3.8) is 0 Å². The number of rotatable bonds is 2. The summed E-state index contributed by atoms with van der Waals surface area (Å²) in [6.07, 6.45) is 1.46. The zero-order chi connectivity index (χ0) is 8.43. The summed E-state index contributed by atoms with van der Waals surface area (Å²) in [5.74, 6) is -1.03. The fourth-order valence-corrected chi connectivity index (χ4v) is 1.27. The molecule has 0 aliphatic rings. The van der Waals surface area contributed by atoms with E-state index in [1.807, 2.05) is 0 Å². The van der Waals surface area contributed by atoms with E-state index < -0.39 is 11.9 Å². The number of carbonyl (C=O) groups is 1. The Labute approximate surface area is 72.1 Å². The van der Waals surface area contributed by atoms with E-state index in [-0.39, 0.29) is 0 Å². The summed E-state index contributed by atoms with van der Waals surface area (Å²) in [4.78, 5) is 10.5. The summed E-state index contributed by atoms with van der Waals surface area (Å²) >= 11 is 3.18. The van der Waals surface area contributed by atoms with E-state index in [1.54, 1.807) is 13.0 Å². The fourth-order valence-electron chi connectivity index (χ4n) is 0.727. The Kier molecular flexibility index (Phi) is 2.34. The maximum Gasteiger partial charge on any atom is 0.313 e. The van der Waals surface area contributed by atoms with Gasteiger partial charge >= 0.3 is 5.97 Å². The summed E-state index contributed by atoms with van der Waals surface area (Å²) in [7, 11) is 0. The molecule has 0 aliphatic heterocycles. The van der Waals surface area contributed by atoms with Gasteiger partial charge in [-0.1, -0.05) is 0 Å². The minimum absolute atomic E-state index is 0.456. The quantitative estimate of drug-likeness (QED) is 0.829. The van der Waals surface area contributed by atoms with Crippen molar-refractivity contribution in [1.82, 2.24) is 0 Å². The first-order valence-electron chi connectivity index (χ1n) is 3.08. The molecule has 0 aromatic carbocycles. The van der Waals surface area contributed by atoms with Gasteiger partial charge in [-0.25, -0.2) is 0 Å². The predicted molar refractivity (Wildman–Crippen MR) is 42.5 cm³/mol. The van der Waals surface area contributed by atoms with Crippen LogP contribution in [-0.4, -0.2) is 11.1 Å². The largest absolute Gasteiger partial charge is 0.481 e. The maximum atomic E-state index is 10.5. The Hall–Kier alpha value is -0.770. The predicted octanol–water partition coefficient (Wildman–Crippen LogP) is 2.23. The van der Waals surface area contributed by atoms with Gasteiger partial charge in [0.15, 0.2) is 0 Å². The Morgan fingerprint density at radius 2 is 2.45 bits per heavy atom. The number of halogens is 1. The molecule has 0 bridgehead atoms.